The van der Waals surface area contributed by atoms with Crippen LogP contribution in [0.3, 0.4) is 0 Å². The van der Waals surface area contributed by atoms with Crippen molar-refractivity contribution >= 4 is 5.82 Å². The van der Waals surface area contributed by atoms with Gasteiger partial charge in [0.2, 0.25) is 5.88 Å². The lowest BCUT2D eigenvalue weighted by Gasteiger charge is -2.08. The molecule has 0 aliphatic heterocycles. The maximum atomic E-state index is 5.74. The summed E-state index contributed by atoms with van der Waals surface area (Å²) in [5, 5.41) is 0. The second-order valence-electron chi connectivity index (χ2n) is 4.57. The Morgan fingerprint density at radius 3 is 2.79 bits per heavy atom. The molecule has 0 amide bonds. The van der Waals surface area contributed by atoms with E-state index in [1.165, 1.54) is 0 Å². The van der Waals surface area contributed by atoms with Crippen molar-refractivity contribution in [1.29, 1.82) is 0 Å². The van der Waals surface area contributed by atoms with Crippen molar-refractivity contribution in [2.75, 3.05) is 39.3 Å². The standard InChI is InChI=1S/C13H21N3O3/c1-17-7-8-18-5-2-6-19-12-9-11(14)15-13(16-12)10-3-4-10/h9-10H,2-8H2,1H3,(H2,14,15,16). The molecular weight excluding hydrogens is 246 g/mol. The predicted octanol–water partition coefficient (Wildman–Crippen LogP) is 1.37. The largest absolute Gasteiger partial charge is 0.477 e. The number of nitrogens with zero attached hydrogens (tertiary/aromatic N) is 2. The Balaban J connectivity index is 1.67. The summed E-state index contributed by atoms with van der Waals surface area (Å²) in [4.78, 5) is 8.59. The van der Waals surface area contributed by atoms with E-state index in [9.17, 15) is 0 Å². The molecule has 1 fully saturated rings. The Morgan fingerprint density at radius 1 is 1.21 bits per heavy atom. The smallest absolute Gasteiger partial charge is 0.218 e. The van der Waals surface area contributed by atoms with Crippen molar-refractivity contribution in [2.24, 2.45) is 0 Å². The second-order valence-corrected chi connectivity index (χ2v) is 4.57. The minimum atomic E-state index is 0.475. The lowest BCUT2D eigenvalue weighted by atomic mass is 10.4. The van der Waals surface area contributed by atoms with E-state index in [1.807, 2.05) is 0 Å². The monoisotopic (exact) mass is 267 g/mol. The Kier molecular flexibility index (Phi) is 5.35. The Morgan fingerprint density at radius 2 is 2.05 bits per heavy atom. The first kappa shape index (κ1) is 14.0. The van der Waals surface area contributed by atoms with Crippen molar-refractivity contribution in [3.05, 3.63) is 11.9 Å². The Bertz CT molecular complexity index is 397. The van der Waals surface area contributed by atoms with E-state index in [4.69, 9.17) is 19.9 Å². The minimum Gasteiger partial charge on any atom is -0.477 e. The third kappa shape index (κ3) is 5.00. The minimum absolute atomic E-state index is 0.475. The first-order valence-corrected chi connectivity index (χ1v) is 6.63. The molecule has 0 saturated heterocycles. The van der Waals surface area contributed by atoms with Gasteiger partial charge in [-0.1, -0.05) is 0 Å². The summed E-state index contributed by atoms with van der Waals surface area (Å²) in [5.41, 5.74) is 5.74. The van der Waals surface area contributed by atoms with Gasteiger partial charge in [0.05, 0.1) is 19.8 Å². The van der Waals surface area contributed by atoms with Crippen LogP contribution in [-0.2, 0) is 9.47 Å². The molecule has 0 aromatic carbocycles. The highest BCUT2D eigenvalue weighted by Gasteiger charge is 2.27. The summed E-state index contributed by atoms with van der Waals surface area (Å²) in [5.74, 6) is 2.32. The highest BCUT2D eigenvalue weighted by Crippen LogP contribution is 2.38. The van der Waals surface area contributed by atoms with Gasteiger partial charge in [-0.3, -0.25) is 0 Å². The fourth-order valence-corrected chi connectivity index (χ4v) is 1.64. The van der Waals surface area contributed by atoms with Crippen LogP contribution in [0, 0.1) is 0 Å². The summed E-state index contributed by atoms with van der Waals surface area (Å²) in [7, 11) is 1.66. The molecule has 1 aliphatic rings. The van der Waals surface area contributed by atoms with E-state index < -0.39 is 0 Å². The van der Waals surface area contributed by atoms with Gasteiger partial charge in [-0.05, 0) is 12.8 Å². The molecule has 0 spiro atoms. The number of rotatable bonds is 9. The van der Waals surface area contributed by atoms with Crippen molar-refractivity contribution in [1.82, 2.24) is 9.97 Å². The van der Waals surface area contributed by atoms with Crippen LogP contribution in [-0.4, -0.2) is 43.5 Å². The maximum Gasteiger partial charge on any atom is 0.218 e. The molecule has 1 aromatic rings. The van der Waals surface area contributed by atoms with E-state index in [0.717, 1.165) is 25.1 Å². The van der Waals surface area contributed by atoms with E-state index in [1.54, 1.807) is 13.2 Å². The number of nitrogens with two attached hydrogens (primary N) is 1. The zero-order valence-electron chi connectivity index (χ0n) is 11.3. The number of ether oxygens (including phenoxy) is 3. The summed E-state index contributed by atoms with van der Waals surface area (Å²) in [6, 6.07) is 1.66. The molecule has 1 aliphatic carbocycles. The van der Waals surface area contributed by atoms with Gasteiger partial charge in [0.25, 0.3) is 0 Å². The summed E-state index contributed by atoms with van der Waals surface area (Å²) < 4.78 is 15.8. The first-order chi connectivity index (χ1) is 9.29. The van der Waals surface area contributed by atoms with Crippen LogP contribution in [0.1, 0.15) is 31.0 Å². The van der Waals surface area contributed by atoms with Crippen molar-refractivity contribution in [3.63, 3.8) is 0 Å². The molecule has 2 rings (SSSR count). The van der Waals surface area contributed by atoms with Crippen LogP contribution in [0.4, 0.5) is 5.82 Å². The normalized spacial score (nSPS) is 14.6. The first-order valence-electron chi connectivity index (χ1n) is 6.63. The Labute approximate surface area is 113 Å². The predicted molar refractivity (Wildman–Crippen MR) is 71.2 cm³/mol. The van der Waals surface area contributed by atoms with Crippen LogP contribution in [0.2, 0.25) is 0 Å². The van der Waals surface area contributed by atoms with Crippen LogP contribution < -0.4 is 10.5 Å². The van der Waals surface area contributed by atoms with Crippen molar-refractivity contribution in [2.45, 2.75) is 25.2 Å². The molecule has 6 nitrogen and oxygen atoms in total. The molecule has 2 N–H and O–H groups in total. The van der Waals surface area contributed by atoms with Gasteiger partial charge >= 0.3 is 0 Å². The number of aromatic nitrogens is 2. The summed E-state index contributed by atoms with van der Waals surface area (Å²) in [6.45, 7) is 2.45. The van der Waals surface area contributed by atoms with E-state index in [0.29, 0.717) is 44.0 Å². The number of anilines is 1. The number of hydrogen-bond donors (Lipinski definition) is 1. The van der Waals surface area contributed by atoms with E-state index >= 15 is 0 Å². The fraction of sp³-hybridized carbons (Fsp3) is 0.692. The summed E-state index contributed by atoms with van der Waals surface area (Å²) >= 11 is 0. The van der Waals surface area contributed by atoms with Gasteiger partial charge in [0.1, 0.15) is 11.6 Å². The van der Waals surface area contributed by atoms with Crippen LogP contribution >= 0.6 is 0 Å². The lowest BCUT2D eigenvalue weighted by molar-refractivity contribution is 0.0642. The molecule has 19 heavy (non-hydrogen) atoms. The number of hydrogen-bond acceptors (Lipinski definition) is 6. The number of nitrogen functional groups attached to an aromatic ring is 1. The Hall–Kier alpha value is -1.40. The molecule has 6 heteroatoms. The van der Waals surface area contributed by atoms with Gasteiger partial charge < -0.3 is 19.9 Å². The van der Waals surface area contributed by atoms with Crippen LogP contribution in [0.5, 0.6) is 5.88 Å². The maximum absolute atomic E-state index is 5.74. The fourth-order valence-electron chi connectivity index (χ4n) is 1.64. The van der Waals surface area contributed by atoms with Gasteiger partial charge in [-0.15, -0.1) is 0 Å². The van der Waals surface area contributed by atoms with Crippen LogP contribution in [0.25, 0.3) is 0 Å². The molecule has 1 aromatic heterocycles. The van der Waals surface area contributed by atoms with Crippen molar-refractivity contribution < 1.29 is 14.2 Å². The highest BCUT2D eigenvalue weighted by atomic mass is 16.5. The zero-order valence-corrected chi connectivity index (χ0v) is 11.3. The molecule has 0 radical (unpaired) electrons. The third-order valence-electron chi connectivity index (χ3n) is 2.80. The van der Waals surface area contributed by atoms with E-state index in [-0.39, 0.29) is 0 Å². The second kappa shape index (κ2) is 7.25. The van der Waals surface area contributed by atoms with Gasteiger partial charge in [0.15, 0.2) is 0 Å². The number of methoxy groups -OCH3 is 1. The molecule has 0 unspecified atom stereocenters. The molecule has 1 saturated carbocycles. The molecule has 106 valence electrons. The molecule has 0 atom stereocenters. The molecule has 1 heterocycles. The van der Waals surface area contributed by atoms with E-state index in [2.05, 4.69) is 9.97 Å². The summed E-state index contributed by atoms with van der Waals surface area (Å²) in [6.07, 6.45) is 3.11. The SMILES string of the molecule is COCCOCCCOc1cc(N)nc(C2CC2)n1. The average Bonchev–Trinajstić information content (AvgIpc) is 3.21. The topological polar surface area (TPSA) is 79.5 Å². The van der Waals surface area contributed by atoms with Gasteiger partial charge in [-0.25, -0.2) is 4.98 Å². The molecule has 0 bridgehead atoms. The molecular formula is C13H21N3O3. The third-order valence-corrected chi connectivity index (χ3v) is 2.80. The quantitative estimate of drug-likeness (QED) is 0.681. The highest BCUT2D eigenvalue weighted by molar-refractivity contribution is 5.34. The van der Waals surface area contributed by atoms with Crippen LogP contribution in [0.15, 0.2) is 6.07 Å². The zero-order chi connectivity index (χ0) is 13.5. The van der Waals surface area contributed by atoms with Gasteiger partial charge in [0, 0.05) is 32.1 Å². The van der Waals surface area contributed by atoms with Gasteiger partial charge in [-0.2, -0.15) is 4.98 Å². The van der Waals surface area contributed by atoms with Crippen molar-refractivity contribution in [3.8, 4) is 5.88 Å². The lowest BCUT2D eigenvalue weighted by Crippen LogP contribution is -2.08. The average molecular weight is 267 g/mol.